The van der Waals surface area contributed by atoms with E-state index in [4.69, 9.17) is 0 Å². The third kappa shape index (κ3) is 3.62. The van der Waals surface area contributed by atoms with Crippen molar-refractivity contribution in [3.63, 3.8) is 0 Å². The standard InChI is InChI=1S/C21H20N2O3S/c24-19-10-11-20(25)23(19)14-15-6-8-16(9-7-15)21(26)22-12-3-13-27-18-5-2-1-4-17(18)22/h1-2,4-9H,3,10-14H2. The predicted molar refractivity (Wildman–Crippen MR) is 105 cm³/mol. The van der Waals surface area contributed by atoms with Gasteiger partial charge in [-0.2, -0.15) is 0 Å². The smallest absolute Gasteiger partial charge is 0.258 e. The van der Waals surface area contributed by atoms with Crippen LogP contribution in [0.1, 0.15) is 35.2 Å². The number of hydrogen-bond donors (Lipinski definition) is 0. The van der Waals surface area contributed by atoms with Crippen molar-refractivity contribution in [2.45, 2.75) is 30.7 Å². The minimum atomic E-state index is -0.126. The molecule has 0 N–H and O–H groups in total. The maximum absolute atomic E-state index is 13.1. The van der Waals surface area contributed by atoms with Gasteiger partial charge < -0.3 is 4.90 Å². The molecular weight excluding hydrogens is 360 g/mol. The van der Waals surface area contributed by atoms with Crippen LogP contribution in [0.3, 0.4) is 0 Å². The van der Waals surface area contributed by atoms with Crippen LogP contribution in [0, 0.1) is 0 Å². The van der Waals surface area contributed by atoms with Crippen molar-refractivity contribution >= 4 is 35.2 Å². The number of para-hydroxylation sites is 1. The highest BCUT2D eigenvalue weighted by Crippen LogP contribution is 2.34. The van der Waals surface area contributed by atoms with E-state index in [1.54, 1.807) is 23.9 Å². The maximum atomic E-state index is 13.1. The molecule has 2 heterocycles. The van der Waals surface area contributed by atoms with Crippen LogP contribution in [0.2, 0.25) is 0 Å². The van der Waals surface area contributed by atoms with Crippen LogP contribution in [0.15, 0.2) is 53.4 Å². The number of carbonyl (C=O) groups excluding carboxylic acids is 3. The molecule has 1 fully saturated rings. The van der Waals surface area contributed by atoms with Crippen LogP contribution in [0.25, 0.3) is 0 Å². The second kappa shape index (κ2) is 7.56. The molecule has 0 radical (unpaired) electrons. The Hall–Kier alpha value is -2.60. The lowest BCUT2D eigenvalue weighted by Gasteiger charge is -2.22. The van der Waals surface area contributed by atoms with E-state index in [1.165, 1.54) is 4.90 Å². The minimum Gasteiger partial charge on any atom is -0.307 e. The molecule has 0 saturated carbocycles. The zero-order valence-electron chi connectivity index (χ0n) is 14.9. The summed E-state index contributed by atoms with van der Waals surface area (Å²) in [6.45, 7) is 0.969. The van der Waals surface area contributed by atoms with Gasteiger partial charge >= 0.3 is 0 Å². The van der Waals surface area contributed by atoms with Crippen LogP contribution < -0.4 is 4.90 Å². The fourth-order valence-electron chi connectivity index (χ4n) is 3.43. The van der Waals surface area contributed by atoms with E-state index in [0.29, 0.717) is 24.9 Å². The Morgan fingerprint density at radius 3 is 2.41 bits per heavy atom. The molecule has 6 heteroatoms. The number of carbonyl (C=O) groups is 3. The zero-order chi connectivity index (χ0) is 18.8. The molecule has 0 aliphatic carbocycles. The van der Waals surface area contributed by atoms with E-state index >= 15 is 0 Å². The van der Waals surface area contributed by atoms with E-state index in [9.17, 15) is 14.4 Å². The fraction of sp³-hybridized carbons (Fsp3) is 0.286. The van der Waals surface area contributed by atoms with Crippen molar-refractivity contribution in [3.05, 3.63) is 59.7 Å². The van der Waals surface area contributed by atoms with Crippen molar-refractivity contribution in [2.24, 2.45) is 0 Å². The predicted octanol–water partition coefficient (Wildman–Crippen LogP) is 3.48. The lowest BCUT2D eigenvalue weighted by atomic mass is 10.1. The molecule has 0 unspecified atom stereocenters. The number of nitrogens with zero attached hydrogens (tertiary/aromatic N) is 2. The third-order valence-corrected chi connectivity index (χ3v) is 6.03. The minimum absolute atomic E-state index is 0.0233. The Bertz CT molecular complexity index is 879. The summed E-state index contributed by atoms with van der Waals surface area (Å²) in [5, 5.41) is 0. The molecule has 2 aromatic carbocycles. The normalized spacial score (nSPS) is 17.0. The lowest BCUT2D eigenvalue weighted by Crippen LogP contribution is -2.32. The molecule has 0 spiro atoms. The number of anilines is 1. The molecule has 138 valence electrons. The second-order valence-corrected chi connectivity index (χ2v) is 7.83. The van der Waals surface area contributed by atoms with E-state index in [0.717, 1.165) is 28.3 Å². The molecular formula is C21H20N2O3S. The molecule has 4 rings (SSSR count). The monoisotopic (exact) mass is 380 g/mol. The maximum Gasteiger partial charge on any atom is 0.258 e. The summed E-state index contributed by atoms with van der Waals surface area (Å²) >= 11 is 1.78. The highest BCUT2D eigenvalue weighted by atomic mass is 32.2. The highest BCUT2D eigenvalue weighted by molar-refractivity contribution is 7.99. The number of imide groups is 1. The molecule has 2 aliphatic heterocycles. The SMILES string of the molecule is O=C1CCC(=O)N1Cc1ccc(C(=O)N2CCCSc3ccccc32)cc1. The van der Waals surface area contributed by atoms with Gasteiger partial charge in [0.05, 0.1) is 12.2 Å². The zero-order valence-corrected chi connectivity index (χ0v) is 15.7. The van der Waals surface area contributed by atoms with Crippen molar-refractivity contribution in [2.75, 3.05) is 17.2 Å². The number of benzene rings is 2. The van der Waals surface area contributed by atoms with Crippen LogP contribution >= 0.6 is 11.8 Å². The van der Waals surface area contributed by atoms with Gasteiger partial charge in [-0.05, 0) is 42.0 Å². The first kappa shape index (κ1) is 17.8. The number of amides is 3. The van der Waals surface area contributed by atoms with Crippen LogP contribution in [-0.2, 0) is 16.1 Å². The van der Waals surface area contributed by atoms with E-state index in [2.05, 4.69) is 6.07 Å². The van der Waals surface area contributed by atoms with Gasteiger partial charge in [-0.25, -0.2) is 0 Å². The first-order valence-corrected chi connectivity index (χ1v) is 10.1. The highest BCUT2D eigenvalue weighted by Gasteiger charge is 2.29. The third-order valence-electron chi connectivity index (χ3n) is 4.88. The number of fused-ring (bicyclic) bond motifs is 1. The molecule has 1 saturated heterocycles. The van der Waals surface area contributed by atoms with Crippen LogP contribution in [0.4, 0.5) is 5.69 Å². The summed E-state index contributed by atoms with van der Waals surface area (Å²) in [7, 11) is 0. The van der Waals surface area contributed by atoms with E-state index < -0.39 is 0 Å². The van der Waals surface area contributed by atoms with E-state index in [-0.39, 0.29) is 24.3 Å². The Labute approximate surface area is 162 Å². The lowest BCUT2D eigenvalue weighted by molar-refractivity contribution is -0.139. The van der Waals surface area contributed by atoms with Gasteiger partial charge in [0.1, 0.15) is 0 Å². The van der Waals surface area contributed by atoms with Crippen LogP contribution in [0.5, 0.6) is 0 Å². The first-order valence-electron chi connectivity index (χ1n) is 9.09. The molecule has 5 nitrogen and oxygen atoms in total. The Balaban J connectivity index is 1.53. The van der Waals surface area contributed by atoms with Gasteiger partial charge in [-0.1, -0.05) is 24.3 Å². The van der Waals surface area contributed by atoms with Crippen molar-refractivity contribution in [3.8, 4) is 0 Å². The molecule has 0 atom stereocenters. The van der Waals surface area contributed by atoms with Gasteiger partial charge in [-0.15, -0.1) is 11.8 Å². The number of likely N-dealkylation sites (tertiary alicyclic amines) is 1. The second-order valence-electron chi connectivity index (χ2n) is 6.70. The molecule has 2 aromatic rings. The Morgan fingerprint density at radius 1 is 0.963 bits per heavy atom. The van der Waals surface area contributed by atoms with Gasteiger partial charge in [0.15, 0.2) is 0 Å². The van der Waals surface area contributed by atoms with Crippen LogP contribution in [-0.4, -0.2) is 34.9 Å². The molecule has 2 aliphatic rings. The molecule has 3 amide bonds. The van der Waals surface area contributed by atoms with Crippen molar-refractivity contribution in [1.29, 1.82) is 0 Å². The van der Waals surface area contributed by atoms with Gasteiger partial charge in [0.25, 0.3) is 5.91 Å². The summed E-state index contributed by atoms with van der Waals surface area (Å²) in [5.74, 6) is 0.722. The topological polar surface area (TPSA) is 57.7 Å². The molecule has 0 bridgehead atoms. The van der Waals surface area contributed by atoms with E-state index in [1.807, 2.05) is 35.2 Å². The largest absolute Gasteiger partial charge is 0.307 e. The number of hydrogen-bond acceptors (Lipinski definition) is 4. The van der Waals surface area contributed by atoms with Crippen molar-refractivity contribution < 1.29 is 14.4 Å². The Morgan fingerprint density at radius 2 is 1.67 bits per heavy atom. The van der Waals surface area contributed by atoms with Gasteiger partial charge in [0, 0.05) is 29.8 Å². The van der Waals surface area contributed by atoms with Crippen molar-refractivity contribution in [1.82, 2.24) is 4.90 Å². The summed E-state index contributed by atoms with van der Waals surface area (Å²) in [4.78, 5) is 40.9. The molecule has 27 heavy (non-hydrogen) atoms. The Kier molecular flexibility index (Phi) is 4.99. The summed E-state index contributed by atoms with van der Waals surface area (Å²) in [5.41, 5.74) is 2.42. The average Bonchev–Trinajstić information content (AvgIpc) is 2.89. The van der Waals surface area contributed by atoms with Gasteiger partial charge in [0.2, 0.25) is 11.8 Å². The number of rotatable bonds is 3. The summed E-state index contributed by atoms with van der Waals surface area (Å²) in [6.07, 6.45) is 1.53. The average molecular weight is 380 g/mol. The summed E-state index contributed by atoms with van der Waals surface area (Å²) in [6, 6.07) is 15.2. The quantitative estimate of drug-likeness (QED) is 0.765. The molecule has 0 aromatic heterocycles. The number of thioether (sulfide) groups is 1. The summed E-state index contributed by atoms with van der Waals surface area (Å²) < 4.78 is 0. The first-order chi connectivity index (χ1) is 13.1. The fourth-order valence-corrected chi connectivity index (χ4v) is 4.42. The van der Waals surface area contributed by atoms with Gasteiger partial charge in [-0.3, -0.25) is 19.3 Å².